The number of ether oxygens (including phenoxy) is 2. The Bertz CT molecular complexity index is 1320. The maximum Gasteiger partial charge on any atom is 0.437 e. The molecule has 3 aromatic carbocycles. The normalized spacial score (nSPS) is 21.6. The Labute approximate surface area is 221 Å². The maximum atomic E-state index is 14.4. The Kier molecular flexibility index (Phi) is 7.57. The van der Waals surface area contributed by atoms with Gasteiger partial charge in [0.05, 0.1) is 13.2 Å². The number of methoxy groups -OCH3 is 1. The van der Waals surface area contributed by atoms with Gasteiger partial charge in [-0.1, -0.05) is 60.1 Å². The molecule has 1 fully saturated rings. The summed E-state index contributed by atoms with van der Waals surface area (Å²) in [7, 11) is 2.14. The molecule has 0 unspecified atom stereocenters. The molecule has 3 atom stereocenters. The number of benzene rings is 3. The first-order valence-corrected chi connectivity index (χ1v) is 11.8. The highest BCUT2D eigenvalue weighted by atomic mass is 35.5. The number of nitrogens with zero attached hydrogens (tertiary/aromatic N) is 1. The van der Waals surface area contributed by atoms with E-state index in [0.29, 0.717) is 5.02 Å². The highest BCUT2D eigenvalue weighted by molar-refractivity contribution is 6.30. The van der Waals surface area contributed by atoms with E-state index in [0.717, 1.165) is 12.6 Å². The minimum atomic E-state index is -5.35. The van der Waals surface area contributed by atoms with E-state index in [9.17, 15) is 27.9 Å². The fourth-order valence-electron chi connectivity index (χ4n) is 4.41. The van der Waals surface area contributed by atoms with Crippen LogP contribution in [-0.2, 0) is 6.61 Å². The second-order valence-electron chi connectivity index (χ2n) is 8.74. The average Bonchev–Trinajstić information content (AvgIpc) is 2.90. The monoisotopic (exact) mass is 548 g/mol. The SMILES string of the molecule is COc1cc([C@@H]2NC(=O)N(C)[C@@](O)(C(F)(F)F)[C@H]2C(=O)c2ccccc2)ccc1OCc1ccc(Cl)cc1. The number of urea groups is 1. The van der Waals surface area contributed by atoms with Gasteiger partial charge < -0.3 is 19.9 Å². The van der Waals surface area contributed by atoms with E-state index in [2.05, 4.69) is 5.32 Å². The quantitative estimate of drug-likeness (QED) is 0.387. The highest BCUT2D eigenvalue weighted by Gasteiger charge is 2.69. The van der Waals surface area contributed by atoms with Crippen LogP contribution in [0.25, 0.3) is 0 Å². The number of hydrogen-bond donors (Lipinski definition) is 2. The third-order valence-corrected chi connectivity index (χ3v) is 6.73. The minimum absolute atomic E-state index is 0.0513. The summed E-state index contributed by atoms with van der Waals surface area (Å²) in [5.41, 5.74) is -2.92. The number of carbonyl (C=O) groups excluding carboxylic acids is 2. The molecular formula is C27H24ClF3N2O5. The van der Waals surface area contributed by atoms with E-state index in [1.807, 2.05) is 0 Å². The van der Waals surface area contributed by atoms with Gasteiger partial charge in [0.15, 0.2) is 17.3 Å². The molecule has 200 valence electrons. The Morgan fingerprint density at radius 1 is 1.08 bits per heavy atom. The van der Waals surface area contributed by atoms with Crippen molar-refractivity contribution >= 4 is 23.4 Å². The van der Waals surface area contributed by atoms with Gasteiger partial charge in [0.25, 0.3) is 5.72 Å². The Morgan fingerprint density at radius 3 is 2.34 bits per heavy atom. The molecule has 2 amide bonds. The molecule has 0 radical (unpaired) electrons. The molecule has 2 N–H and O–H groups in total. The fourth-order valence-corrected chi connectivity index (χ4v) is 4.53. The van der Waals surface area contributed by atoms with Gasteiger partial charge in [-0.2, -0.15) is 13.2 Å². The molecule has 7 nitrogen and oxygen atoms in total. The van der Waals surface area contributed by atoms with Crippen LogP contribution in [0.4, 0.5) is 18.0 Å². The summed E-state index contributed by atoms with van der Waals surface area (Å²) in [5, 5.41) is 14.0. The molecule has 0 saturated carbocycles. The van der Waals surface area contributed by atoms with Gasteiger partial charge in [-0.3, -0.25) is 9.69 Å². The third kappa shape index (κ3) is 5.01. The zero-order chi connectivity index (χ0) is 27.7. The van der Waals surface area contributed by atoms with Crippen LogP contribution in [-0.4, -0.2) is 47.9 Å². The zero-order valence-electron chi connectivity index (χ0n) is 20.3. The first-order chi connectivity index (χ1) is 18.0. The fraction of sp³-hybridized carbons (Fsp3) is 0.259. The molecule has 3 aromatic rings. The van der Waals surface area contributed by atoms with Crippen molar-refractivity contribution in [3.63, 3.8) is 0 Å². The predicted octanol–water partition coefficient (Wildman–Crippen LogP) is 5.37. The lowest BCUT2D eigenvalue weighted by atomic mass is 9.76. The van der Waals surface area contributed by atoms with Gasteiger partial charge in [0, 0.05) is 17.6 Å². The Hall–Kier alpha value is -3.76. The number of Topliss-reactive ketones (excluding diaryl/α,β-unsaturated/α-hetero) is 1. The van der Waals surface area contributed by atoms with Crippen LogP contribution in [0.15, 0.2) is 72.8 Å². The van der Waals surface area contributed by atoms with E-state index < -0.39 is 35.7 Å². The summed E-state index contributed by atoms with van der Waals surface area (Å²) < 4.78 is 54.4. The van der Waals surface area contributed by atoms with E-state index in [1.54, 1.807) is 30.3 Å². The van der Waals surface area contributed by atoms with Crippen LogP contribution in [0.5, 0.6) is 11.5 Å². The Balaban J connectivity index is 1.75. The third-order valence-electron chi connectivity index (χ3n) is 6.47. The summed E-state index contributed by atoms with van der Waals surface area (Å²) in [4.78, 5) is 26.2. The molecular weight excluding hydrogens is 525 g/mol. The van der Waals surface area contributed by atoms with Crippen LogP contribution in [0.2, 0.25) is 5.02 Å². The average molecular weight is 549 g/mol. The van der Waals surface area contributed by atoms with E-state index in [4.69, 9.17) is 21.1 Å². The van der Waals surface area contributed by atoms with Gasteiger partial charge in [0.2, 0.25) is 0 Å². The summed E-state index contributed by atoms with van der Waals surface area (Å²) in [6.45, 7) is 0.154. The number of carbonyl (C=O) groups is 2. The van der Waals surface area contributed by atoms with Crippen LogP contribution in [0.3, 0.4) is 0 Å². The van der Waals surface area contributed by atoms with Crippen LogP contribution < -0.4 is 14.8 Å². The van der Waals surface area contributed by atoms with Crippen molar-refractivity contribution in [2.75, 3.05) is 14.2 Å². The zero-order valence-corrected chi connectivity index (χ0v) is 21.1. The number of alkyl halides is 3. The molecule has 38 heavy (non-hydrogen) atoms. The van der Waals surface area contributed by atoms with Crippen molar-refractivity contribution in [1.82, 2.24) is 10.2 Å². The summed E-state index contributed by atoms with van der Waals surface area (Å²) >= 11 is 5.90. The van der Waals surface area contributed by atoms with Crippen LogP contribution in [0.1, 0.15) is 27.5 Å². The number of rotatable bonds is 7. The van der Waals surface area contributed by atoms with Gasteiger partial charge in [-0.25, -0.2) is 4.79 Å². The number of ketones is 1. The molecule has 0 aliphatic carbocycles. The maximum absolute atomic E-state index is 14.4. The smallest absolute Gasteiger partial charge is 0.437 e. The molecule has 1 aliphatic rings. The van der Waals surface area contributed by atoms with E-state index >= 15 is 0 Å². The number of amides is 2. The summed E-state index contributed by atoms with van der Waals surface area (Å²) in [6.07, 6.45) is -5.35. The molecule has 0 aromatic heterocycles. The lowest BCUT2D eigenvalue weighted by molar-refractivity contribution is -0.322. The number of aliphatic hydroxyl groups is 1. The molecule has 11 heteroatoms. The first-order valence-electron chi connectivity index (χ1n) is 11.4. The molecule has 1 saturated heterocycles. The second-order valence-corrected chi connectivity index (χ2v) is 9.18. The van der Waals surface area contributed by atoms with Gasteiger partial charge >= 0.3 is 12.2 Å². The van der Waals surface area contributed by atoms with Crippen molar-refractivity contribution in [3.8, 4) is 11.5 Å². The Morgan fingerprint density at radius 2 is 1.74 bits per heavy atom. The van der Waals surface area contributed by atoms with Gasteiger partial charge in [-0.15, -0.1) is 0 Å². The van der Waals surface area contributed by atoms with Crippen LogP contribution in [0, 0.1) is 5.92 Å². The van der Waals surface area contributed by atoms with Crippen molar-refractivity contribution in [1.29, 1.82) is 0 Å². The van der Waals surface area contributed by atoms with Crippen LogP contribution >= 0.6 is 11.6 Å². The molecule has 4 rings (SSSR count). The standard InChI is InChI=1S/C27H24ClF3N2O5/c1-33-25(35)32-23(22(26(33,36)27(29,30)31)24(34)17-6-4-3-5-7-17)18-10-13-20(21(14-18)37-2)38-15-16-8-11-19(28)12-9-16/h3-14,22-23,36H,15H2,1-2H3,(H,32,35)/t22-,23+,26+/m1/s1. The molecule has 0 bridgehead atoms. The highest BCUT2D eigenvalue weighted by Crippen LogP contribution is 2.48. The van der Waals surface area contributed by atoms with E-state index in [1.165, 1.54) is 49.6 Å². The van der Waals surface area contributed by atoms with Gasteiger partial charge in [0.1, 0.15) is 12.5 Å². The topological polar surface area (TPSA) is 88.1 Å². The predicted molar refractivity (Wildman–Crippen MR) is 133 cm³/mol. The first kappa shape index (κ1) is 27.3. The van der Waals surface area contributed by atoms with Gasteiger partial charge in [-0.05, 0) is 35.4 Å². The largest absolute Gasteiger partial charge is 0.493 e. The lowest BCUT2D eigenvalue weighted by Gasteiger charge is -2.49. The van der Waals surface area contributed by atoms with Crippen molar-refractivity contribution in [2.24, 2.45) is 5.92 Å². The lowest BCUT2D eigenvalue weighted by Crippen LogP contribution is -2.72. The minimum Gasteiger partial charge on any atom is -0.493 e. The second kappa shape index (κ2) is 10.5. The molecule has 1 heterocycles. The summed E-state index contributed by atoms with van der Waals surface area (Å²) in [5.74, 6) is -2.70. The molecule has 1 aliphatic heterocycles. The van der Waals surface area contributed by atoms with Crippen molar-refractivity contribution < 1.29 is 37.3 Å². The summed E-state index contributed by atoms with van der Waals surface area (Å²) in [6, 6.07) is 15.7. The van der Waals surface area contributed by atoms with Crippen molar-refractivity contribution in [3.05, 3.63) is 94.5 Å². The van der Waals surface area contributed by atoms with Crippen molar-refractivity contribution in [2.45, 2.75) is 24.6 Å². The number of hydrogen-bond acceptors (Lipinski definition) is 5. The molecule has 0 spiro atoms. The van der Waals surface area contributed by atoms with E-state index in [-0.39, 0.29) is 34.1 Å². The number of nitrogens with one attached hydrogen (secondary N) is 1. The number of halogens is 4.